The highest BCUT2D eigenvalue weighted by Crippen LogP contribution is 2.01. The molecule has 52 valence electrons. The third-order valence-corrected chi connectivity index (χ3v) is 1.18. The van der Waals surface area contributed by atoms with Gasteiger partial charge in [-0.1, -0.05) is 0 Å². The normalized spacial score (nSPS) is 25.6. The Morgan fingerprint density at radius 3 is 3.11 bits per heavy atom. The Morgan fingerprint density at radius 2 is 2.67 bits per heavy atom. The summed E-state index contributed by atoms with van der Waals surface area (Å²) in [5.74, 6) is 0.838. The van der Waals surface area contributed by atoms with Crippen LogP contribution in [-0.4, -0.2) is 32.1 Å². The zero-order chi connectivity index (χ0) is 6.69. The maximum atomic E-state index is 5.19. The van der Waals surface area contributed by atoms with Crippen molar-refractivity contribution in [2.75, 3.05) is 20.2 Å². The van der Waals surface area contributed by atoms with Crippen LogP contribution in [0.3, 0.4) is 0 Å². The topological polar surface area (TPSA) is 33.6 Å². The van der Waals surface area contributed by atoms with Crippen LogP contribution in [0.2, 0.25) is 0 Å². The molecule has 1 atom stereocenters. The predicted molar refractivity (Wildman–Crippen MR) is 36.8 cm³/mol. The third kappa shape index (κ3) is 1.68. The van der Waals surface area contributed by atoms with Gasteiger partial charge in [-0.2, -0.15) is 0 Å². The van der Waals surface area contributed by atoms with E-state index in [0.717, 1.165) is 19.0 Å². The van der Waals surface area contributed by atoms with E-state index in [9.17, 15) is 0 Å². The van der Waals surface area contributed by atoms with Gasteiger partial charge in [0.1, 0.15) is 6.61 Å². The molecule has 0 saturated carbocycles. The molecule has 0 aromatic rings. The van der Waals surface area contributed by atoms with Gasteiger partial charge < -0.3 is 10.1 Å². The van der Waals surface area contributed by atoms with Crippen molar-refractivity contribution in [3.05, 3.63) is 0 Å². The summed E-state index contributed by atoms with van der Waals surface area (Å²) in [4.78, 5) is 4.21. The van der Waals surface area contributed by atoms with E-state index >= 15 is 0 Å². The molecule has 1 unspecified atom stereocenters. The van der Waals surface area contributed by atoms with Crippen LogP contribution < -0.4 is 5.32 Å². The molecule has 0 radical (unpaired) electrons. The molecule has 1 aliphatic rings. The average molecular weight is 128 g/mol. The first-order chi connectivity index (χ1) is 4.33. The molecular formula is C6H12N2O. The van der Waals surface area contributed by atoms with Crippen molar-refractivity contribution in [1.29, 1.82) is 0 Å². The molecule has 1 aliphatic heterocycles. The number of ether oxygens (including phenoxy) is 1. The van der Waals surface area contributed by atoms with Crippen LogP contribution in [-0.2, 0) is 4.74 Å². The van der Waals surface area contributed by atoms with Gasteiger partial charge in [-0.3, -0.25) is 0 Å². The van der Waals surface area contributed by atoms with Crippen LogP contribution >= 0.6 is 0 Å². The Kier molecular flexibility index (Phi) is 2.05. The summed E-state index contributed by atoms with van der Waals surface area (Å²) >= 11 is 0. The largest absolute Gasteiger partial charge is 0.478 e. The fourth-order valence-electron chi connectivity index (χ4n) is 0.785. The van der Waals surface area contributed by atoms with Gasteiger partial charge in [0.2, 0.25) is 0 Å². The highest BCUT2D eigenvalue weighted by Gasteiger charge is 2.11. The zero-order valence-electron chi connectivity index (χ0n) is 5.85. The predicted octanol–water partition coefficient (Wildman–Crippen LogP) is 0.0230. The molecule has 3 heteroatoms. The summed E-state index contributed by atoms with van der Waals surface area (Å²) in [5, 5.41) is 2.97. The van der Waals surface area contributed by atoms with E-state index in [0.29, 0.717) is 6.04 Å². The number of nitrogens with zero attached hydrogens (tertiary/aromatic N) is 1. The van der Waals surface area contributed by atoms with Crippen molar-refractivity contribution in [1.82, 2.24) is 5.32 Å². The Bertz CT molecular complexity index is 122. The Hall–Kier alpha value is -0.570. The van der Waals surface area contributed by atoms with E-state index in [-0.39, 0.29) is 0 Å². The van der Waals surface area contributed by atoms with Crippen molar-refractivity contribution < 1.29 is 4.74 Å². The molecule has 0 saturated heterocycles. The second-order valence-corrected chi connectivity index (χ2v) is 2.21. The van der Waals surface area contributed by atoms with E-state index in [1.54, 1.807) is 0 Å². The van der Waals surface area contributed by atoms with Gasteiger partial charge in [-0.15, -0.1) is 0 Å². The molecule has 1 rings (SSSR count). The fourth-order valence-corrected chi connectivity index (χ4v) is 0.785. The molecular weight excluding hydrogens is 116 g/mol. The summed E-state index contributed by atoms with van der Waals surface area (Å²) in [6.45, 7) is 3.55. The number of aliphatic imine (C=N–C) groups is 1. The zero-order valence-corrected chi connectivity index (χ0v) is 5.85. The molecule has 1 heterocycles. The van der Waals surface area contributed by atoms with Gasteiger partial charge in [0, 0.05) is 0 Å². The van der Waals surface area contributed by atoms with Crippen LogP contribution in [0.1, 0.15) is 6.92 Å². The van der Waals surface area contributed by atoms with Crippen molar-refractivity contribution in [3.63, 3.8) is 0 Å². The fraction of sp³-hybridized carbons (Fsp3) is 0.833. The standard InChI is InChI=1S/C6H12N2O/c1-5-4-9-6(8-5)3-7-2/h5,7H,3-4H2,1-2H3. The number of hydrogen-bond acceptors (Lipinski definition) is 3. The van der Waals surface area contributed by atoms with Crippen LogP contribution in [0.5, 0.6) is 0 Å². The number of nitrogens with one attached hydrogen (secondary N) is 1. The molecule has 1 N–H and O–H groups in total. The highest BCUT2D eigenvalue weighted by molar-refractivity contribution is 5.79. The van der Waals surface area contributed by atoms with E-state index in [2.05, 4.69) is 10.3 Å². The monoisotopic (exact) mass is 128 g/mol. The maximum absolute atomic E-state index is 5.19. The lowest BCUT2D eigenvalue weighted by molar-refractivity contribution is 0.317. The molecule has 0 aliphatic carbocycles. The Labute approximate surface area is 55.1 Å². The van der Waals surface area contributed by atoms with Gasteiger partial charge in [-0.05, 0) is 14.0 Å². The summed E-state index contributed by atoms with van der Waals surface area (Å²) in [6, 6.07) is 0.355. The first-order valence-corrected chi connectivity index (χ1v) is 3.17. The van der Waals surface area contributed by atoms with Crippen molar-refractivity contribution in [3.8, 4) is 0 Å². The lowest BCUT2D eigenvalue weighted by Gasteiger charge is -1.97. The van der Waals surface area contributed by atoms with E-state index < -0.39 is 0 Å². The number of rotatable bonds is 2. The lowest BCUT2D eigenvalue weighted by Crippen LogP contribution is -2.18. The highest BCUT2D eigenvalue weighted by atomic mass is 16.5. The third-order valence-electron chi connectivity index (χ3n) is 1.18. The van der Waals surface area contributed by atoms with E-state index in [4.69, 9.17) is 4.74 Å². The molecule has 0 aromatic carbocycles. The molecule has 0 aromatic heterocycles. The average Bonchev–Trinajstić information content (AvgIpc) is 2.17. The second kappa shape index (κ2) is 2.82. The minimum Gasteiger partial charge on any atom is -0.478 e. The SMILES string of the molecule is CNCC1=NC(C)CO1. The summed E-state index contributed by atoms with van der Waals surface area (Å²) in [6.07, 6.45) is 0. The number of likely N-dealkylation sites (N-methyl/N-ethyl adjacent to an activating group) is 1. The smallest absolute Gasteiger partial charge is 0.198 e. The van der Waals surface area contributed by atoms with Crippen molar-refractivity contribution >= 4 is 5.90 Å². The van der Waals surface area contributed by atoms with Gasteiger partial charge in [0.15, 0.2) is 5.90 Å². The van der Waals surface area contributed by atoms with Crippen LogP contribution in [0.4, 0.5) is 0 Å². The molecule has 3 nitrogen and oxygen atoms in total. The van der Waals surface area contributed by atoms with Crippen LogP contribution in [0.15, 0.2) is 4.99 Å². The Morgan fingerprint density at radius 1 is 1.89 bits per heavy atom. The lowest BCUT2D eigenvalue weighted by atomic mass is 10.4. The summed E-state index contributed by atoms with van der Waals surface area (Å²) < 4.78 is 5.19. The van der Waals surface area contributed by atoms with Gasteiger partial charge in [0.05, 0.1) is 12.6 Å². The minimum absolute atomic E-state index is 0.355. The van der Waals surface area contributed by atoms with Crippen molar-refractivity contribution in [2.45, 2.75) is 13.0 Å². The quantitative estimate of drug-likeness (QED) is 0.569. The Balaban J connectivity index is 2.33. The second-order valence-electron chi connectivity index (χ2n) is 2.21. The van der Waals surface area contributed by atoms with E-state index in [1.807, 2.05) is 14.0 Å². The molecule has 9 heavy (non-hydrogen) atoms. The number of hydrogen-bond donors (Lipinski definition) is 1. The maximum Gasteiger partial charge on any atom is 0.198 e. The first-order valence-electron chi connectivity index (χ1n) is 3.17. The minimum atomic E-state index is 0.355. The van der Waals surface area contributed by atoms with Crippen LogP contribution in [0.25, 0.3) is 0 Å². The molecule has 0 bridgehead atoms. The van der Waals surface area contributed by atoms with Gasteiger partial charge in [0.25, 0.3) is 0 Å². The molecule has 0 fully saturated rings. The summed E-state index contributed by atoms with van der Waals surface area (Å²) in [7, 11) is 1.88. The molecule has 0 spiro atoms. The van der Waals surface area contributed by atoms with E-state index in [1.165, 1.54) is 0 Å². The van der Waals surface area contributed by atoms with Gasteiger partial charge in [-0.25, -0.2) is 4.99 Å². The summed E-state index contributed by atoms with van der Waals surface area (Å²) in [5.41, 5.74) is 0. The van der Waals surface area contributed by atoms with Crippen LogP contribution in [0, 0.1) is 0 Å². The van der Waals surface area contributed by atoms with Gasteiger partial charge >= 0.3 is 0 Å². The molecule has 0 amide bonds. The first kappa shape index (κ1) is 6.55. The van der Waals surface area contributed by atoms with Crippen molar-refractivity contribution in [2.24, 2.45) is 4.99 Å².